The van der Waals surface area contributed by atoms with Gasteiger partial charge in [-0.2, -0.15) is 0 Å². The minimum absolute atomic E-state index is 0.545. The molecule has 0 spiro atoms. The molecule has 6 aromatic rings. The van der Waals surface area contributed by atoms with Gasteiger partial charge in [-0.1, -0.05) is 78.9 Å². The number of nitrogens with zero attached hydrogens (tertiary/aromatic N) is 2. The number of aliphatic imine (C=N–C) groups is 1. The van der Waals surface area contributed by atoms with Gasteiger partial charge >= 0.3 is 0 Å². The van der Waals surface area contributed by atoms with E-state index in [2.05, 4.69) is 85.0 Å². The molecule has 1 aliphatic rings. The van der Waals surface area contributed by atoms with Gasteiger partial charge in [0.05, 0.1) is 11.9 Å². The molecule has 4 heteroatoms. The van der Waals surface area contributed by atoms with E-state index in [0.29, 0.717) is 12.4 Å². The third-order valence-corrected chi connectivity index (χ3v) is 7.24. The molecule has 7 rings (SSSR count). The first kappa shape index (κ1) is 21.6. The fourth-order valence-electron chi connectivity index (χ4n) is 5.37. The van der Waals surface area contributed by atoms with Crippen LogP contribution in [0.25, 0.3) is 54.7 Å². The number of hydrogen-bond donors (Lipinski definition) is 1. The number of fused-ring (bicyclic) bond motifs is 6. The molecule has 0 unspecified atom stereocenters. The number of rotatable bonds is 4. The summed E-state index contributed by atoms with van der Waals surface area (Å²) < 4.78 is 6.40. The summed E-state index contributed by atoms with van der Waals surface area (Å²) in [6.07, 6.45) is 10.3. The molecule has 0 atom stereocenters. The van der Waals surface area contributed by atoms with Gasteiger partial charge in [0, 0.05) is 17.3 Å². The second-order valence-corrected chi connectivity index (χ2v) is 9.49. The number of furan rings is 1. The van der Waals surface area contributed by atoms with E-state index in [1.165, 1.54) is 10.8 Å². The minimum Gasteiger partial charge on any atom is -0.454 e. The Morgan fingerprint density at radius 1 is 0.892 bits per heavy atom. The van der Waals surface area contributed by atoms with Crippen LogP contribution in [0.4, 0.5) is 0 Å². The second kappa shape index (κ2) is 8.75. The molecule has 0 bridgehead atoms. The SMILES string of the molecule is NC(=NCc1cccc2cc(-c3ccnc4c3oc3ccc5ccccc5c34)ccc12)C1=CCCC=C1. The molecule has 0 saturated carbocycles. The Labute approximate surface area is 214 Å². The largest absolute Gasteiger partial charge is 0.454 e. The maximum Gasteiger partial charge on any atom is 0.161 e. The maximum atomic E-state index is 6.40. The molecular formula is C33H25N3O. The molecule has 2 N–H and O–H groups in total. The monoisotopic (exact) mass is 479 g/mol. The first-order valence-electron chi connectivity index (χ1n) is 12.6. The van der Waals surface area contributed by atoms with Crippen molar-refractivity contribution in [1.29, 1.82) is 0 Å². The Kier molecular flexibility index (Phi) is 5.10. The summed E-state index contributed by atoms with van der Waals surface area (Å²) in [5.41, 5.74) is 13.2. The lowest BCUT2D eigenvalue weighted by Gasteiger charge is -2.09. The minimum atomic E-state index is 0.545. The van der Waals surface area contributed by atoms with Crippen LogP contribution in [0, 0.1) is 0 Å². The molecule has 0 fully saturated rings. The number of allylic oxidation sites excluding steroid dienone is 2. The zero-order valence-electron chi connectivity index (χ0n) is 20.3. The van der Waals surface area contributed by atoms with E-state index >= 15 is 0 Å². The maximum absolute atomic E-state index is 6.40. The lowest BCUT2D eigenvalue weighted by atomic mass is 9.98. The molecule has 0 aliphatic heterocycles. The smallest absolute Gasteiger partial charge is 0.161 e. The van der Waals surface area contributed by atoms with Crippen molar-refractivity contribution in [3.63, 3.8) is 0 Å². The fraction of sp³-hybridized carbons (Fsp3) is 0.0909. The number of hydrogen-bond acceptors (Lipinski definition) is 3. The zero-order chi connectivity index (χ0) is 24.8. The number of benzene rings is 4. The van der Waals surface area contributed by atoms with Gasteiger partial charge in [-0.05, 0) is 63.7 Å². The summed E-state index contributed by atoms with van der Waals surface area (Å²) in [4.78, 5) is 9.42. The van der Waals surface area contributed by atoms with E-state index in [0.717, 1.165) is 67.9 Å². The van der Waals surface area contributed by atoms with Crippen molar-refractivity contribution in [3.8, 4) is 11.1 Å². The summed E-state index contributed by atoms with van der Waals surface area (Å²) in [7, 11) is 0. The molecule has 37 heavy (non-hydrogen) atoms. The Morgan fingerprint density at radius 3 is 2.73 bits per heavy atom. The van der Waals surface area contributed by atoms with Crippen molar-refractivity contribution >= 4 is 49.4 Å². The molecule has 4 nitrogen and oxygen atoms in total. The van der Waals surface area contributed by atoms with Gasteiger partial charge in [0.2, 0.25) is 0 Å². The predicted octanol–water partition coefficient (Wildman–Crippen LogP) is 8.09. The van der Waals surface area contributed by atoms with Crippen LogP contribution >= 0.6 is 0 Å². The molecular weight excluding hydrogens is 454 g/mol. The van der Waals surface area contributed by atoms with Gasteiger partial charge in [0.15, 0.2) is 5.58 Å². The molecule has 1 aliphatic carbocycles. The van der Waals surface area contributed by atoms with Gasteiger partial charge < -0.3 is 10.2 Å². The molecule has 2 aromatic heterocycles. The summed E-state index contributed by atoms with van der Waals surface area (Å²) in [6, 6.07) is 27.5. The third-order valence-electron chi connectivity index (χ3n) is 7.24. The molecule has 0 saturated heterocycles. The van der Waals surface area contributed by atoms with E-state index < -0.39 is 0 Å². The average Bonchev–Trinajstić information content (AvgIpc) is 3.35. The van der Waals surface area contributed by atoms with Crippen LogP contribution in [0.5, 0.6) is 0 Å². The van der Waals surface area contributed by atoms with E-state index in [9.17, 15) is 0 Å². The van der Waals surface area contributed by atoms with Crippen LogP contribution in [-0.4, -0.2) is 10.8 Å². The van der Waals surface area contributed by atoms with Crippen molar-refractivity contribution < 1.29 is 4.42 Å². The van der Waals surface area contributed by atoms with Gasteiger partial charge in [0.25, 0.3) is 0 Å². The highest BCUT2D eigenvalue weighted by Crippen LogP contribution is 2.38. The number of aromatic nitrogens is 1. The number of pyridine rings is 1. The average molecular weight is 480 g/mol. The Hall–Kier alpha value is -4.70. The van der Waals surface area contributed by atoms with Crippen molar-refractivity contribution in [2.24, 2.45) is 10.7 Å². The van der Waals surface area contributed by atoms with Crippen LogP contribution in [0.2, 0.25) is 0 Å². The van der Waals surface area contributed by atoms with Crippen molar-refractivity contribution in [1.82, 2.24) is 4.98 Å². The Morgan fingerprint density at radius 2 is 1.81 bits per heavy atom. The highest BCUT2D eigenvalue weighted by atomic mass is 16.3. The third kappa shape index (κ3) is 3.69. The molecule has 0 radical (unpaired) electrons. The fourth-order valence-corrected chi connectivity index (χ4v) is 5.37. The zero-order valence-corrected chi connectivity index (χ0v) is 20.3. The first-order valence-corrected chi connectivity index (χ1v) is 12.6. The molecule has 2 heterocycles. The lowest BCUT2D eigenvalue weighted by Crippen LogP contribution is -2.15. The van der Waals surface area contributed by atoms with Crippen LogP contribution in [-0.2, 0) is 6.54 Å². The summed E-state index contributed by atoms with van der Waals surface area (Å²) in [5, 5.41) is 5.74. The highest BCUT2D eigenvalue weighted by Gasteiger charge is 2.16. The van der Waals surface area contributed by atoms with E-state index in [4.69, 9.17) is 20.1 Å². The van der Waals surface area contributed by atoms with Gasteiger partial charge in [0.1, 0.15) is 16.9 Å². The van der Waals surface area contributed by atoms with Crippen LogP contribution < -0.4 is 5.73 Å². The van der Waals surface area contributed by atoms with Gasteiger partial charge in [-0.15, -0.1) is 0 Å². The Bertz CT molecular complexity index is 1920. The van der Waals surface area contributed by atoms with Crippen molar-refractivity contribution in [2.45, 2.75) is 19.4 Å². The van der Waals surface area contributed by atoms with Crippen LogP contribution in [0.3, 0.4) is 0 Å². The topological polar surface area (TPSA) is 64.4 Å². The van der Waals surface area contributed by atoms with Crippen molar-refractivity contribution in [2.75, 3.05) is 0 Å². The lowest BCUT2D eigenvalue weighted by molar-refractivity contribution is 0.669. The highest BCUT2D eigenvalue weighted by molar-refractivity contribution is 6.19. The normalized spacial score (nSPS) is 14.2. The van der Waals surface area contributed by atoms with E-state index in [1.807, 2.05) is 18.3 Å². The van der Waals surface area contributed by atoms with Crippen LogP contribution in [0.15, 0.2) is 118 Å². The van der Waals surface area contributed by atoms with Crippen molar-refractivity contribution in [3.05, 3.63) is 114 Å². The number of nitrogens with two attached hydrogens (primary N) is 1. The predicted molar refractivity (Wildman–Crippen MR) is 154 cm³/mol. The van der Waals surface area contributed by atoms with E-state index in [1.54, 1.807) is 0 Å². The number of amidine groups is 1. The van der Waals surface area contributed by atoms with Gasteiger partial charge in [-0.3, -0.25) is 9.98 Å². The van der Waals surface area contributed by atoms with Gasteiger partial charge in [-0.25, -0.2) is 0 Å². The van der Waals surface area contributed by atoms with Crippen LogP contribution in [0.1, 0.15) is 18.4 Å². The summed E-state index contributed by atoms with van der Waals surface area (Å²) in [6.45, 7) is 0.545. The standard InChI is InChI=1S/C33H25N3O/c34-33(22-8-2-1-3-9-22)36-20-25-11-6-10-23-19-24(13-15-26(23)25)28-17-18-35-31-30-27-12-5-4-7-21(27)14-16-29(30)37-32(28)31/h2,4-19H,1,3,20H2,(H2,34,36). The molecule has 178 valence electrons. The molecule has 4 aromatic carbocycles. The first-order chi connectivity index (χ1) is 18.3. The summed E-state index contributed by atoms with van der Waals surface area (Å²) >= 11 is 0. The summed E-state index contributed by atoms with van der Waals surface area (Å²) in [5.74, 6) is 0.598. The second-order valence-electron chi connectivity index (χ2n) is 9.49. The molecule has 0 amide bonds. The van der Waals surface area contributed by atoms with E-state index in [-0.39, 0.29) is 0 Å². The Balaban J connectivity index is 1.31. The quantitative estimate of drug-likeness (QED) is 0.205.